The molecule has 1 nitrogen and oxygen atoms in total. The average Bonchev–Trinajstić information content (AvgIpc) is 2.12. The van der Waals surface area contributed by atoms with Gasteiger partial charge in [-0.05, 0) is 26.3 Å². The summed E-state index contributed by atoms with van der Waals surface area (Å²) in [6, 6.07) is 7.28. The zero-order valence-electron chi connectivity index (χ0n) is 10.9. The van der Waals surface area contributed by atoms with Gasteiger partial charge in [0.25, 0.3) is 10.2 Å². The minimum Gasteiger partial charge on any atom is -0.367 e. The molecule has 1 unspecified atom stereocenters. The highest BCUT2D eigenvalue weighted by atomic mass is 32.5. The van der Waals surface area contributed by atoms with Crippen molar-refractivity contribution in [2.24, 2.45) is 0 Å². The summed E-state index contributed by atoms with van der Waals surface area (Å²) in [5.41, 5.74) is -2.02. The second kappa shape index (κ2) is 4.09. The fourth-order valence-corrected chi connectivity index (χ4v) is 3.29. The van der Waals surface area contributed by atoms with Gasteiger partial charge in [0.15, 0.2) is 0 Å². The van der Waals surface area contributed by atoms with Crippen molar-refractivity contribution in [2.45, 2.75) is 32.5 Å². The van der Waals surface area contributed by atoms with Gasteiger partial charge >= 0.3 is 0 Å². The Labute approximate surface area is 109 Å². The highest BCUT2D eigenvalue weighted by molar-refractivity contribution is 8.45. The summed E-state index contributed by atoms with van der Waals surface area (Å²) < 4.78 is 69.0. The number of ether oxygens (including phenoxy) is 1. The van der Waals surface area contributed by atoms with Crippen LogP contribution in [-0.4, -0.2) is 11.9 Å². The Kier molecular flexibility index (Phi) is 3.49. The van der Waals surface area contributed by atoms with Crippen molar-refractivity contribution in [3.63, 3.8) is 0 Å². The number of benzene rings is 1. The van der Waals surface area contributed by atoms with Gasteiger partial charge in [-0.25, -0.2) is 0 Å². The van der Waals surface area contributed by atoms with Gasteiger partial charge in [0.05, 0.1) is 6.10 Å². The number of hydrogen-bond donors (Lipinski definition) is 0. The van der Waals surface area contributed by atoms with Crippen LogP contribution in [0.3, 0.4) is 0 Å². The lowest BCUT2D eigenvalue weighted by atomic mass is 9.97. The lowest BCUT2D eigenvalue weighted by Crippen LogP contribution is -2.38. The van der Waals surface area contributed by atoms with Crippen LogP contribution in [0.4, 0.5) is 19.4 Å². The summed E-state index contributed by atoms with van der Waals surface area (Å²) in [6.07, 6.45) is -0.606. The Bertz CT molecular complexity index is 441. The van der Waals surface area contributed by atoms with E-state index >= 15 is 0 Å². The largest absolute Gasteiger partial charge is 0.367 e. The van der Waals surface area contributed by atoms with Gasteiger partial charge in [0.2, 0.25) is 0 Å². The molecule has 1 aromatic carbocycles. The van der Waals surface area contributed by atoms with Crippen molar-refractivity contribution in [1.82, 2.24) is 0 Å². The second-order valence-electron chi connectivity index (χ2n) is 5.04. The Morgan fingerprint density at radius 2 is 1.53 bits per heavy atom. The molecule has 0 aromatic heterocycles. The van der Waals surface area contributed by atoms with Crippen molar-refractivity contribution in [3.05, 3.63) is 35.9 Å². The molecule has 0 bridgehead atoms. The van der Waals surface area contributed by atoms with Crippen LogP contribution >= 0.6 is 10.2 Å². The molecule has 0 aliphatic carbocycles. The first-order chi connectivity index (χ1) is 8.21. The van der Waals surface area contributed by atoms with Crippen LogP contribution < -0.4 is 0 Å². The van der Waals surface area contributed by atoms with Crippen LogP contribution in [0.25, 0.3) is 0 Å². The smallest absolute Gasteiger partial charge is 0.288 e. The molecule has 1 rings (SSSR count). The fourth-order valence-electron chi connectivity index (χ4n) is 2.02. The van der Waals surface area contributed by atoms with Crippen LogP contribution in [0.5, 0.6) is 0 Å². The molecule has 0 amide bonds. The van der Waals surface area contributed by atoms with Crippen molar-refractivity contribution in [2.75, 3.05) is 5.75 Å². The Morgan fingerprint density at radius 1 is 1.05 bits per heavy atom. The number of halogens is 5. The summed E-state index contributed by atoms with van der Waals surface area (Å²) in [6.45, 7) is 4.05. The predicted octanol–water partition coefficient (Wildman–Crippen LogP) is 5.63. The van der Waals surface area contributed by atoms with Gasteiger partial charge < -0.3 is 4.74 Å². The molecule has 19 heavy (non-hydrogen) atoms. The van der Waals surface area contributed by atoms with Crippen LogP contribution in [0.1, 0.15) is 26.3 Å². The summed E-state index contributed by atoms with van der Waals surface area (Å²) in [5, 5.41) is 0. The van der Waals surface area contributed by atoms with Gasteiger partial charge in [-0.3, -0.25) is 0 Å². The molecular weight excluding hydrogens is 287 g/mol. The monoisotopic (exact) mass is 304 g/mol. The lowest BCUT2D eigenvalue weighted by Gasteiger charge is -2.47. The molecule has 1 aromatic rings. The molecule has 112 valence electrons. The maximum atomic E-state index is 12.8. The summed E-state index contributed by atoms with van der Waals surface area (Å²) >= 11 is 0. The Morgan fingerprint density at radius 3 is 1.89 bits per heavy atom. The van der Waals surface area contributed by atoms with E-state index in [1.807, 2.05) is 0 Å². The van der Waals surface area contributed by atoms with Gasteiger partial charge in [0, 0.05) is 0 Å². The quantitative estimate of drug-likeness (QED) is 0.641. The van der Waals surface area contributed by atoms with E-state index < -0.39 is 27.7 Å². The van der Waals surface area contributed by atoms with Crippen LogP contribution in [0, 0.1) is 0 Å². The molecule has 0 radical (unpaired) electrons. The molecule has 0 fully saturated rings. The molecule has 0 saturated carbocycles. The van der Waals surface area contributed by atoms with E-state index in [1.165, 1.54) is 38.1 Å². The molecule has 0 aliphatic rings. The average molecular weight is 304 g/mol. The topological polar surface area (TPSA) is 9.23 Å². The van der Waals surface area contributed by atoms with Crippen molar-refractivity contribution in [3.8, 4) is 0 Å². The molecule has 0 aliphatic heterocycles. The van der Waals surface area contributed by atoms with Crippen LogP contribution in [0.15, 0.2) is 30.3 Å². The van der Waals surface area contributed by atoms with Crippen molar-refractivity contribution in [1.29, 1.82) is 0 Å². The van der Waals surface area contributed by atoms with E-state index in [2.05, 4.69) is 0 Å². The van der Waals surface area contributed by atoms with E-state index in [0.29, 0.717) is 0 Å². The first kappa shape index (κ1) is 16.2. The van der Waals surface area contributed by atoms with Gasteiger partial charge in [-0.1, -0.05) is 49.8 Å². The minimum absolute atomic E-state index is 0.0805. The van der Waals surface area contributed by atoms with Gasteiger partial charge in [-0.15, -0.1) is 0 Å². The summed E-state index contributed by atoms with van der Waals surface area (Å²) in [7, 11) is -9.57. The first-order valence-corrected chi connectivity index (χ1v) is 7.79. The van der Waals surface area contributed by atoms with Gasteiger partial charge in [0.1, 0.15) is 11.4 Å². The highest BCUT2D eigenvalue weighted by Gasteiger charge is 2.67. The summed E-state index contributed by atoms with van der Waals surface area (Å²) in [5.74, 6) is -2.27. The predicted molar refractivity (Wildman–Crippen MR) is 68.0 cm³/mol. The SMILES string of the molecule is CC(C)OC(C)(CS(F)(F)(F)(F)F)c1ccccc1. The van der Waals surface area contributed by atoms with Gasteiger partial charge in [-0.2, -0.15) is 0 Å². The zero-order valence-corrected chi connectivity index (χ0v) is 11.7. The molecule has 0 N–H and O–H groups in total. The van der Waals surface area contributed by atoms with E-state index in [0.717, 1.165) is 6.92 Å². The minimum atomic E-state index is -9.57. The molecular formula is C12H17F5OS. The Hall–Kier alpha value is -0.820. The van der Waals surface area contributed by atoms with Crippen LogP contribution in [0.2, 0.25) is 0 Å². The highest BCUT2D eigenvalue weighted by Crippen LogP contribution is 2.98. The molecule has 7 heteroatoms. The normalized spacial score (nSPS) is 19.6. The zero-order chi connectivity index (χ0) is 15.0. The van der Waals surface area contributed by atoms with Crippen LogP contribution in [-0.2, 0) is 10.3 Å². The summed E-state index contributed by atoms with van der Waals surface area (Å²) in [4.78, 5) is 0. The molecule has 0 saturated heterocycles. The maximum Gasteiger partial charge on any atom is 0.288 e. The van der Waals surface area contributed by atoms with E-state index in [1.54, 1.807) is 6.07 Å². The lowest BCUT2D eigenvalue weighted by molar-refractivity contribution is -0.0612. The number of hydrogen-bond acceptors (Lipinski definition) is 1. The number of rotatable bonds is 5. The van der Waals surface area contributed by atoms with Crippen molar-refractivity contribution >= 4 is 10.2 Å². The molecule has 1 atom stereocenters. The Balaban J connectivity index is 3.24. The third kappa shape index (κ3) is 5.78. The van der Waals surface area contributed by atoms with E-state index in [9.17, 15) is 19.4 Å². The second-order valence-corrected chi connectivity index (χ2v) is 7.58. The maximum absolute atomic E-state index is 12.8. The molecule has 0 spiro atoms. The molecule has 0 heterocycles. The third-order valence-corrected chi connectivity index (χ3v) is 3.52. The fraction of sp³-hybridized carbons (Fsp3) is 0.500. The van der Waals surface area contributed by atoms with E-state index in [-0.39, 0.29) is 5.56 Å². The standard InChI is InChI=1S/C12H17F5OS/c1-10(2)18-12(3,9-19(13,14,15,16)17)11-7-5-4-6-8-11/h4-8,10H,9H2,1-3H3. The first-order valence-electron chi connectivity index (χ1n) is 5.67. The van der Waals surface area contributed by atoms with E-state index in [4.69, 9.17) is 4.74 Å². The van der Waals surface area contributed by atoms with Crippen molar-refractivity contribution < 1.29 is 24.2 Å². The third-order valence-electron chi connectivity index (χ3n) is 2.43.